The minimum atomic E-state index is -0.444. The van der Waals surface area contributed by atoms with Crippen molar-refractivity contribution in [3.8, 4) is 0 Å². The van der Waals surface area contributed by atoms with E-state index < -0.39 is 6.17 Å². The molecule has 0 saturated heterocycles. The molecule has 68 valence electrons. The first-order chi connectivity index (χ1) is 5.66. The highest BCUT2D eigenvalue weighted by Gasteiger charge is 2.25. The van der Waals surface area contributed by atoms with Crippen molar-refractivity contribution in [2.24, 2.45) is 0 Å². The Labute approximate surface area is 71.3 Å². The summed E-state index contributed by atoms with van der Waals surface area (Å²) in [6.07, 6.45) is 1.33. The molecule has 5 heteroatoms. The monoisotopic (exact) mass is 171 g/mol. The van der Waals surface area contributed by atoms with Crippen molar-refractivity contribution in [2.45, 2.75) is 13.1 Å². The van der Waals surface area contributed by atoms with Crippen LogP contribution in [0.1, 0.15) is 6.92 Å². The van der Waals surface area contributed by atoms with Crippen LogP contribution in [0.25, 0.3) is 0 Å². The maximum absolute atomic E-state index is 11.1. The van der Waals surface area contributed by atoms with E-state index in [0.29, 0.717) is 0 Å². The van der Waals surface area contributed by atoms with E-state index in [1.807, 2.05) is 14.0 Å². The van der Waals surface area contributed by atoms with Gasteiger partial charge in [-0.1, -0.05) is 0 Å². The molecule has 0 amide bonds. The van der Waals surface area contributed by atoms with E-state index in [2.05, 4.69) is 15.6 Å². The Balaban J connectivity index is 2.68. The number of methoxy groups -OCH3 is 1. The summed E-state index contributed by atoms with van der Waals surface area (Å²) in [4.78, 5) is 12.9. The molecule has 0 aromatic carbocycles. The largest absolute Gasteiger partial charge is 0.466 e. The number of hydrogen-bond donors (Lipinski definition) is 2. The molecule has 1 heterocycles. The fourth-order valence-electron chi connectivity index (χ4n) is 0.956. The van der Waals surface area contributed by atoms with Crippen molar-refractivity contribution in [3.63, 3.8) is 0 Å². The summed E-state index contributed by atoms with van der Waals surface area (Å²) in [5, 5.41) is 0. The van der Waals surface area contributed by atoms with Gasteiger partial charge in [-0.2, -0.15) is 0 Å². The zero-order chi connectivity index (χ0) is 9.14. The second kappa shape index (κ2) is 3.44. The molecule has 1 unspecified atom stereocenters. The Morgan fingerprint density at radius 2 is 2.42 bits per heavy atom. The molecule has 1 aliphatic rings. The third-order valence-electron chi connectivity index (χ3n) is 1.87. The number of likely N-dealkylation sites (N-methyl/N-ethyl adjacent to an activating group) is 1. The molecule has 0 spiro atoms. The van der Waals surface area contributed by atoms with Gasteiger partial charge in [0, 0.05) is 18.9 Å². The van der Waals surface area contributed by atoms with Crippen LogP contribution in [-0.2, 0) is 9.53 Å². The smallest absolute Gasteiger partial charge is 0.345 e. The number of ether oxygens (including phenoxy) is 1. The van der Waals surface area contributed by atoms with Crippen molar-refractivity contribution in [1.82, 2.24) is 15.8 Å². The molecular weight excluding hydrogens is 158 g/mol. The normalized spacial score (nSPS) is 22.8. The van der Waals surface area contributed by atoms with Crippen molar-refractivity contribution < 1.29 is 9.53 Å². The minimum absolute atomic E-state index is 0.308. The Kier molecular flexibility index (Phi) is 2.54. The van der Waals surface area contributed by atoms with E-state index in [1.165, 1.54) is 7.11 Å². The molecule has 0 aromatic heterocycles. The van der Waals surface area contributed by atoms with Crippen LogP contribution in [0.15, 0.2) is 11.9 Å². The number of carbonyl (C=O) groups excluding carboxylic acids is 1. The van der Waals surface area contributed by atoms with Crippen LogP contribution < -0.4 is 10.9 Å². The predicted molar refractivity (Wildman–Crippen MR) is 43.6 cm³/mol. The van der Waals surface area contributed by atoms with Gasteiger partial charge < -0.3 is 15.1 Å². The van der Waals surface area contributed by atoms with Gasteiger partial charge in [-0.05, 0) is 6.92 Å². The van der Waals surface area contributed by atoms with E-state index in [0.717, 1.165) is 5.70 Å². The quantitative estimate of drug-likeness (QED) is 0.515. The number of nitrogens with one attached hydrogen (secondary N) is 2. The van der Waals surface area contributed by atoms with Gasteiger partial charge in [-0.15, -0.1) is 0 Å². The SMILES string of the molecule is COC(=O)C1NNC=C(C)N1C. The third kappa shape index (κ3) is 1.50. The zero-order valence-electron chi connectivity index (χ0n) is 7.42. The lowest BCUT2D eigenvalue weighted by atomic mass is 10.3. The van der Waals surface area contributed by atoms with Crippen LogP contribution in [0.5, 0.6) is 0 Å². The Morgan fingerprint density at radius 1 is 1.75 bits per heavy atom. The first-order valence-electron chi connectivity index (χ1n) is 3.65. The summed E-state index contributed by atoms with van der Waals surface area (Å²) >= 11 is 0. The van der Waals surface area contributed by atoms with Crippen molar-refractivity contribution in [2.75, 3.05) is 14.2 Å². The molecule has 0 bridgehead atoms. The maximum atomic E-state index is 11.1. The molecule has 12 heavy (non-hydrogen) atoms. The van der Waals surface area contributed by atoms with Gasteiger partial charge in [-0.3, -0.25) is 0 Å². The number of nitrogens with zero attached hydrogens (tertiary/aromatic N) is 1. The first-order valence-corrected chi connectivity index (χ1v) is 3.65. The molecule has 1 atom stereocenters. The Hall–Kier alpha value is -1.23. The lowest BCUT2D eigenvalue weighted by molar-refractivity contribution is -0.147. The van der Waals surface area contributed by atoms with E-state index in [9.17, 15) is 4.79 Å². The molecule has 1 aliphatic heterocycles. The van der Waals surface area contributed by atoms with Crippen LogP contribution in [0.3, 0.4) is 0 Å². The number of esters is 1. The summed E-state index contributed by atoms with van der Waals surface area (Å²) in [5.74, 6) is -0.308. The van der Waals surface area contributed by atoms with Gasteiger partial charge in [0.15, 0.2) is 6.17 Å². The van der Waals surface area contributed by atoms with E-state index >= 15 is 0 Å². The first kappa shape index (κ1) is 8.86. The van der Waals surface area contributed by atoms with Gasteiger partial charge in [0.25, 0.3) is 0 Å². The number of allylic oxidation sites excluding steroid dienone is 1. The van der Waals surface area contributed by atoms with Crippen LogP contribution in [-0.4, -0.2) is 31.2 Å². The molecule has 0 radical (unpaired) electrons. The van der Waals surface area contributed by atoms with Gasteiger partial charge in [0.1, 0.15) is 0 Å². The summed E-state index contributed by atoms with van der Waals surface area (Å²) in [5.41, 5.74) is 6.53. The molecular formula is C7H13N3O2. The van der Waals surface area contributed by atoms with Gasteiger partial charge in [-0.25, -0.2) is 10.2 Å². The highest BCUT2D eigenvalue weighted by atomic mass is 16.5. The summed E-state index contributed by atoms with van der Waals surface area (Å²) in [6.45, 7) is 1.91. The zero-order valence-corrected chi connectivity index (χ0v) is 7.42. The summed E-state index contributed by atoms with van der Waals surface area (Å²) in [6, 6.07) is 0. The minimum Gasteiger partial charge on any atom is -0.466 e. The van der Waals surface area contributed by atoms with Gasteiger partial charge in [0.2, 0.25) is 0 Å². The van der Waals surface area contributed by atoms with Gasteiger partial charge >= 0.3 is 5.97 Å². The fraction of sp³-hybridized carbons (Fsp3) is 0.571. The van der Waals surface area contributed by atoms with E-state index in [4.69, 9.17) is 0 Å². The maximum Gasteiger partial charge on any atom is 0.345 e. The third-order valence-corrected chi connectivity index (χ3v) is 1.87. The van der Waals surface area contributed by atoms with Crippen molar-refractivity contribution in [1.29, 1.82) is 0 Å². The van der Waals surface area contributed by atoms with Gasteiger partial charge in [0.05, 0.1) is 7.11 Å². The van der Waals surface area contributed by atoms with Crippen LogP contribution in [0, 0.1) is 0 Å². The molecule has 0 fully saturated rings. The van der Waals surface area contributed by atoms with Crippen LogP contribution in [0.2, 0.25) is 0 Å². The fourth-order valence-corrected chi connectivity index (χ4v) is 0.956. The average molecular weight is 171 g/mol. The second-order valence-corrected chi connectivity index (χ2v) is 2.61. The highest BCUT2D eigenvalue weighted by Crippen LogP contribution is 2.06. The number of hydrogen-bond acceptors (Lipinski definition) is 5. The topological polar surface area (TPSA) is 53.6 Å². The van der Waals surface area contributed by atoms with Crippen LogP contribution in [0.4, 0.5) is 0 Å². The molecule has 0 aliphatic carbocycles. The van der Waals surface area contributed by atoms with E-state index in [-0.39, 0.29) is 5.97 Å². The van der Waals surface area contributed by atoms with Crippen molar-refractivity contribution >= 4 is 5.97 Å². The van der Waals surface area contributed by atoms with Crippen molar-refractivity contribution in [3.05, 3.63) is 11.9 Å². The Bertz CT molecular complexity index is 215. The standard InChI is InChI=1S/C7H13N3O2/c1-5-4-8-9-6(10(5)2)7(11)12-3/h4,6,8-9H,1-3H3. The second-order valence-electron chi connectivity index (χ2n) is 2.61. The number of hydrazine groups is 1. The molecule has 1 rings (SSSR count). The number of rotatable bonds is 1. The average Bonchev–Trinajstić information content (AvgIpc) is 2.08. The number of carbonyl (C=O) groups is 1. The molecule has 5 nitrogen and oxygen atoms in total. The van der Waals surface area contributed by atoms with E-state index in [1.54, 1.807) is 11.1 Å². The lowest BCUT2D eigenvalue weighted by Gasteiger charge is -2.32. The highest BCUT2D eigenvalue weighted by molar-refractivity contribution is 5.75. The molecule has 0 saturated carbocycles. The molecule has 0 aromatic rings. The van der Waals surface area contributed by atoms with Crippen LogP contribution >= 0.6 is 0 Å². The summed E-state index contributed by atoms with van der Waals surface area (Å²) < 4.78 is 4.60. The molecule has 2 N–H and O–H groups in total. The Morgan fingerprint density at radius 3 is 3.00 bits per heavy atom. The predicted octanol–water partition coefficient (Wildman–Crippen LogP) is -0.614. The lowest BCUT2D eigenvalue weighted by Crippen LogP contribution is -2.56. The summed E-state index contributed by atoms with van der Waals surface area (Å²) in [7, 11) is 3.19.